The number of anilines is 1. The van der Waals surface area contributed by atoms with Gasteiger partial charge in [0.25, 0.3) is 0 Å². The molecule has 0 bridgehead atoms. The van der Waals surface area contributed by atoms with Gasteiger partial charge in [0.1, 0.15) is 23.2 Å². The lowest BCUT2D eigenvalue weighted by Gasteiger charge is -2.34. The lowest BCUT2D eigenvalue weighted by molar-refractivity contribution is 0.0380. The number of morpholine rings is 1. The second-order valence-electron chi connectivity index (χ2n) is 4.55. The van der Waals surface area contributed by atoms with Crippen LogP contribution in [0.3, 0.4) is 0 Å². The van der Waals surface area contributed by atoms with Gasteiger partial charge in [0.05, 0.1) is 12.7 Å². The molecule has 104 valence electrons. The van der Waals surface area contributed by atoms with Gasteiger partial charge in [-0.2, -0.15) is 0 Å². The first kappa shape index (κ1) is 13.7. The maximum atomic E-state index is 14.0. The Balaban J connectivity index is 2.31. The Labute approximate surface area is 110 Å². The quantitative estimate of drug-likeness (QED) is 0.650. The molecule has 0 aliphatic carbocycles. The molecule has 1 aromatic carbocycles. The molecule has 2 rings (SSSR count). The summed E-state index contributed by atoms with van der Waals surface area (Å²) < 4.78 is 33.5. The number of hydrogen-bond donors (Lipinski definition) is 2. The van der Waals surface area contributed by atoms with Crippen LogP contribution in [0.2, 0.25) is 0 Å². The second-order valence-corrected chi connectivity index (χ2v) is 4.55. The van der Waals surface area contributed by atoms with E-state index in [1.54, 1.807) is 4.90 Å². The molecule has 19 heavy (non-hydrogen) atoms. The van der Waals surface area contributed by atoms with Crippen LogP contribution in [-0.2, 0) is 4.74 Å². The first-order valence-electron chi connectivity index (χ1n) is 6.23. The van der Waals surface area contributed by atoms with E-state index in [1.165, 1.54) is 0 Å². The lowest BCUT2D eigenvalue weighted by atomic mass is 10.1. The molecule has 1 aliphatic rings. The summed E-state index contributed by atoms with van der Waals surface area (Å²) in [6.45, 7) is 3.33. The third-order valence-electron chi connectivity index (χ3n) is 3.24. The summed E-state index contributed by atoms with van der Waals surface area (Å²) in [5.41, 5.74) is 5.23. The van der Waals surface area contributed by atoms with Gasteiger partial charge in [0, 0.05) is 18.7 Å². The van der Waals surface area contributed by atoms with Crippen LogP contribution in [0.5, 0.6) is 0 Å². The average Bonchev–Trinajstić information content (AvgIpc) is 2.38. The highest BCUT2D eigenvalue weighted by Gasteiger charge is 2.24. The summed E-state index contributed by atoms with van der Waals surface area (Å²) >= 11 is 0. The van der Waals surface area contributed by atoms with Crippen LogP contribution in [-0.4, -0.2) is 31.6 Å². The molecule has 0 aromatic heterocycles. The zero-order valence-electron chi connectivity index (χ0n) is 10.7. The fraction of sp³-hybridized carbons (Fsp3) is 0.462. The number of nitrogens with zero attached hydrogens (tertiary/aromatic N) is 1. The molecule has 0 saturated carbocycles. The number of benzene rings is 1. The third kappa shape index (κ3) is 2.84. The minimum Gasteiger partial charge on any atom is -0.384 e. The normalized spacial score (nSPS) is 19.5. The summed E-state index contributed by atoms with van der Waals surface area (Å²) in [6.07, 6.45) is 0.783. The predicted octanol–water partition coefficient (Wildman–Crippen LogP) is 1.86. The Morgan fingerprint density at radius 3 is 2.63 bits per heavy atom. The Bertz CT molecular complexity index is 470. The van der Waals surface area contributed by atoms with Gasteiger partial charge >= 0.3 is 0 Å². The van der Waals surface area contributed by atoms with Crippen LogP contribution in [0.15, 0.2) is 12.1 Å². The molecule has 1 unspecified atom stereocenters. The zero-order valence-corrected chi connectivity index (χ0v) is 10.7. The van der Waals surface area contributed by atoms with Crippen molar-refractivity contribution in [1.82, 2.24) is 0 Å². The van der Waals surface area contributed by atoms with Gasteiger partial charge in [-0.1, -0.05) is 6.92 Å². The van der Waals surface area contributed by atoms with Crippen LogP contribution in [0.1, 0.15) is 18.9 Å². The average molecular weight is 269 g/mol. The Kier molecular flexibility index (Phi) is 3.99. The third-order valence-corrected chi connectivity index (χ3v) is 3.24. The summed E-state index contributed by atoms with van der Waals surface area (Å²) in [6, 6.07) is 2.19. The van der Waals surface area contributed by atoms with Crippen molar-refractivity contribution in [3.63, 3.8) is 0 Å². The Hall–Kier alpha value is -1.69. The Morgan fingerprint density at radius 1 is 1.47 bits per heavy atom. The van der Waals surface area contributed by atoms with Gasteiger partial charge in [-0.15, -0.1) is 0 Å². The van der Waals surface area contributed by atoms with Gasteiger partial charge in [-0.3, -0.25) is 5.41 Å². The summed E-state index contributed by atoms with van der Waals surface area (Å²) in [4.78, 5) is 1.65. The highest BCUT2D eigenvalue weighted by molar-refractivity contribution is 5.95. The fourth-order valence-corrected chi connectivity index (χ4v) is 2.19. The van der Waals surface area contributed by atoms with Gasteiger partial charge in [-0.25, -0.2) is 8.78 Å². The number of nitrogens with two attached hydrogens (primary N) is 1. The van der Waals surface area contributed by atoms with E-state index in [4.69, 9.17) is 15.9 Å². The van der Waals surface area contributed by atoms with Crippen molar-refractivity contribution < 1.29 is 13.5 Å². The topological polar surface area (TPSA) is 62.3 Å². The first-order chi connectivity index (χ1) is 9.02. The van der Waals surface area contributed by atoms with Gasteiger partial charge in [-0.05, 0) is 18.6 Å². The van der Waals surface area contributed by atoms with Crippen LogP contribution in [0.4, 0.5) is 14.5 Å². The van der Waals surface area contributed by atoms with Crippen molar-refractivity contribution >= 4 is 11.5 Å². The second kappa shape index (κ2) is 5.52. The zero-order chi connectivity index (χ0) is 14.0. The molecule has 1 saturated heterocycles. The standard InChI is InChI=1S/C13H17F2N3O/c1-2-9-7-18(3-4-19-9)12-10(14)5-8(13(16)17)6-11(12)15/h5-6,9H,2-4,7H2,1H3,(H3,16,17). The lowest BCUT2D eigenvalue weighted by Crippen LogP contribution is -2.43. The van der Waals surface area contributed by atoms with Crippen molar-refractivity contribution in [2.45, 2.75) is 19.4 Å². The molecule has 1 heterocycles. The number of halogens is 2. The van der Waals surface area contributed by atoms with Crippen LogP contribution in [0.25, 0.3) is 0 Å². The summed E-state index contributed by atoms with van der Waals surface area (Å²) in [5.74, 6) is -1.73. The number of hydrogen-bond acceptors (Lipinski definition) is 3. The molecule has 1 aromatic rings. The number of nitrogens with one attached hydrogen (secondary N) is 1. The van der Waals surface area contributed by atoms with Crippen molar-refractivity contribution in [3.8, 4) is 0 Å². The Morgan fingerprint density at radius 2 is 2.11 bits per heavy atom. The SMILES string of the molecule is CCC1CN(c2c(F)cc(C(=N)N)cc2F)CCO1. The van der Waals surface area contributed by atoms with E-state index in [0.717, 1.165) is 18.6 Å². The van der Waals surface area contributed by atoms with Crippen LogP contribution >= 0.6 is 0 Å². The fourth-order valence-electron chi connectivity index (χ4n) is 2.19. The molecule has 6 heteroatoms. The van der Waals surface area contributed by atoms with E-state index in [2.05, 4.69) is 0 Å². The highest BCUT2D eigenvalue weighted by Crippen LogP contribution is 2.27. The maximum absolute atomic E-state index is 14.0. The minimum atomic E-state index is -0.693. The van der Waals surface area contributed by atoms with Gasteiger partial charge in [0.2, 0.25) is 0 Å². The molecule has 0 amide bonds. The van der Waals surface area contributed by atoms with E-state index < -0.39 is 11.6 Å². The van der Waals surface area contributed by atoms with E-state index in [9.17, 15) is 8.78 Å². The monoisotopic (exact) mass is 269 g/mol. The van der Waals surface area contributed by atoms with E-state index >= 15 is 0 Å². The number of rotatable bonds is 3. The maximum Gasteiger partial charge on any atom is 0.150 e. The molecule has 0 radical (unpaired) electrons. The molecular formula is C13H17F2N3O. The largest absolute Gasteiger partial charge is 0.384 e. The molecule has 1 aliphatic heterocycles. The number of amidine groups is 1. The predicted molar refractivity (Wildman–Crippen MR) is 69.6 cm³/mol. The molecule has 1 fully saturated rings. The molecule has 3 N–H and O–H groups in total. The van der Waals surface area contributed by atoms with Crippen molar-refractivity contribution in [2.24, 2.45) is 5.73 Å². The van der Waals surface area contributed by atoms with E-state index in [0.29, 0.717) is 19.7 Å². The molecule has 1 atom stereocenters. The summed E-state index contributed by atoms with van der Waals surface area (Å²) in [5, 5.41) is 7.22. The van der Waals surface area contributed by atoms with Crippen LogP contribution in [0, 0.1) is 17.0 Å². The van der Waals surface area contributed by atoms with E-state index in [-0.39, 0.29) is 23.2 Å². The first-order valence-corrected chi connectivity index (χ1v) is 6.23. The highest BCUT2D eigenvalue weighted by atomic mass is 19.1. The summed E-state index contributed by atoms with van der Waals surface area (Å²) in [7, 11) is 0. The number of nitrogen functional groups attached to an aromatic ring is 1. The van der Waals surface area contributed by atoms with Gasteiger partial charge < -0.3 is 15.4 Å². The number of ether oxygens (including phenoxy) is 1. The van der Waals surface area contributed by atoms with E-state index in [1.807, 2.05) is 6.92 Å². The molecule has 0 spiro atoms. The molecular weight excluding hydrogens is 252 g/mol. The minimum absolute atomic E-state index is 0.0139. The molecule has 4 nitrogen and oxygen atoms in total. The van der Waals surface area contributed by atoms with Crippen molar-refractivity contribution in [3.05, 3.63) is 29.3 Å². The van der Waals surface area contributed by atoms with Crippen LogP contribution < -0.4 is 10.6 Å². The smallest absolute Gasteiger partial charge is 0.150 e. The van der Waals surface area contributed by atoms with Crippen molar-refractivity contribution in [2.75, 3.05) is 24.6 Å². The van der Waals surface area contributed by atoms with Gasteiger partial charge in [0.15, 0.2) is 0 Å². The van der Waals surface area contributed by atoms with Crippen molar-refractivity contribution in [1.29, 1.82) is 5.41 Å².